The van der Waals surface area contributed by atoms with Crippen molar-refractivity contribution in [1.29, 1.82) is 0 Å². The molecule has 1 aromatic carbocycles. The van der Waals surface area contributed by atoms with Crippen LogP contribution < -0.4 is 4.72 Å². The molecule has 0 bridgehead atoms. The van der Waals surface area contributed by atoms with Gasteiger partial charge in [-0.15, -0.1) is 0 Å². The van der Waals surface area contributed by atoms with E-state index in [1.165, 1.54) is 0 Å². The molecule has 2 fully saturated rings. The SMILES string of the molecule is O=S(=O)(CCC1CCCO1)NC1(c2ccccc2)CC1. The Morgan fingerprint density at radius 2 is 2.00 bits per heavy atom. The number of rotatable bonds is 6. The Balaban J connectivity index is 1.61. The van der Waals surface area contributed by atoms with Gasteiger partial charge in [0.05, 0.1) is 17.4 Å². The Morgan fingerprint density at radius 1 is 1.25 bits per heavy atom. The Morgan fingerprint density at radius 3 is 2.60 bits per heavy atom. The summed E-state index contributed by atoms with van der Waals surface area (Å²) in [6.07, 6.45) is 4.52. The molecule has 1 N–H and O–H groups in total. The summed E-state index contributed by atoms with van der Waals surface area (Å²) < 4.78 is 32.9. The highest BCUT2D eigenvalue weighted by atomic mass is 32.2. The third kappa shape index (κ3) is 3.22. The fraction of sp³-hybridized carbons (Fsp3) is 0.600. The fourth-order valence-electron chi connectivity index (χ4n) is 2.84. The molecule has 1 saturated carbocycles. The van der Waals surface area contributed by atoms with Gasteiger partial charge in [-0.3, -0.25) is 0 Å². The van der Waals surface area contributed by atoms with E-state index in [2.05, 4.69) is 4.72 Å². The van der Waals surface area contributed by atoms with E-state index in [0.717, 1.165) is 37.9 Å². The maximum Gasteiger partial charge on any atom is 0.212 e. The van der Waals surface area contributed by atoms with Gasteiger partial charge in [-0.25, -0.2) is 13.1 Å². The molecule has 20 heavy (non-hydrogen) atoms. The van der Waals surface area contributed by atoms with Gasteiger partial charge in [0.25, 0.3) is 0 Å². The molecule has 1 saturated heterocycles. The van der Waals surface area contributed by atoms with Gasteiger partial charge in [0.1, 0.15) is 0 Å². The first-order valence-corrected chi connectivity index (χ1v) is 8.94. The topological polar surface area (TPSA) is 55.4 Å². The van der Waals surface area contributed by atoms with Crippen LogP contribution in [-0.4, -0.2) is 26.9 Å². The number of ether oxygens (including phenoxy) is 1. The largest absolute Gasteiger partial charge is 0.378 e. The van der Waals surface area contributed by atoms with Crippen molar-refractivity contribution in [3.8, 4) is 0 Å². The van der Waals surface area contributed by atoms with Crippen LogP contribution in [0.4, 0.5) is 0 Å². The molecule has 3 rings (SSSR count). The summed E-state index contributed by atoms with van der Waals surface area (Å²) >= 11 is 0. The molecule has 1 heterocycles. The molecular weight excluding hydrogens is 274 g/mol. The van der Waals surface area contributed by atoms with Gasteiger partial charge < -0.3 is 4.74 Å². The average Bonchev–Trinajstić information content (AvgIpc) is 3.02. The van der Waals surface area contributed by atoms with Gasteiger partial charge in [0, 0.05) is 6.61 Å². The lowest BCUT2D eigenvalue weighted by Crippen LogP contribution is -2.37. The van der Waals surface area contributed by atoms with E-state index in [9.17, 15) is 8.42 Å². The minimum Gasteiger partial charge on any atom is -0.378 e. The van der Waals surface area contributed by atoms with E-state index < -0.39 is 10.0 Å². The van der Waals surface area contributed by atoms with Crippen LogP contribution in [0.3, 0.4) is 0 Å². The normalized spacial score (nSPS) is 24.7. The molecule has 1 aliphatic carbocycles. The van der Waals surface area contributed by atoms with Crippen LogP contribution in [0, 0.1) is 0 Å². The number of benzene rings is 1. The molecular formula is C15H21NO3S. The van der Waals surface area contributed by atoms with E-state index >= 15 is 0 Å². The first-order valence-electron chi connectivity index (χ1n) is 7.28. The standard InChI is InChI=1S/C15H21NO3S/c17-20(18,12-8-14-7-4-11-19-14)16-15(9-10-15)13-5-2-1-3-6-13/h1-3,5-6,14,16H,4,7-12H2. The molecule has 1 aliphatic heterocycles. The van der Waals surface area contributed by atoms with Gasteiger partial charge in [-0.1, -0.05) is 30.3 Å². The van der Waals surface area contributed by atoms with Crippen molar-refractivity contribution in [3.63, 3.8) is 0 Å². The molecule has 1 aromatic rings. The summed E-state index contributed by atoms with van der Waals surface area (Å²) in [5.41, 5.74) is 0.720. The van der Waals surface area contributed by atoms with Crippen LogP contribution >= 0.6 is 0 Å². The first kappa shape index (κ1) is 14.0. The van der Waals surface area contributed by atoms with Crippen LogP contribution in [0.2, 0.25) is 0 Å². The van der Waals surface area contributed by atoms with Crippen LogP contribution in [0.25, 0.3) is 0 Å². The van der Waals surface area contributed by atoms with E-state index in [-0.39, 0.29) is 17.4 Å². The molecule has 5 heteroatoms. The highest BCUT2D eigenvalue weighted by molar-refractivity contribution is 7.89. The molecule has 1 atom stereocenters. The minimum atomic E-state index is -3.24. The second-order valence-electron chi connectivity index (χ2n) is 5.79. The number of hydrogen-bond donors (Lipinski definition) is 1. The Kier molecular flexibility index (Phi) is 3.84. The van der Waals surface area contributed by atoms with Crippen molar-refractivity contribution in [2.24, 2.45) is 0 Å². The van der Waals surface area contributed by atoms with Crippen LogP contribution in [0.1, 0.15) is 37.7 Å². The van der Waals surface area contributed by atoms with Crippen molar-refractivity contribution >= 4 is 10.0 Å². The van der Waals surface area contributed by atoms with Crippen molar-refractivity contribution in [2.45, 2.75) is 43.7 Å². The van der Waals surface area contributed by atoms with E-state index in [1.807, 2.05) is 30.3 Å². The Labute approximate surface area is 120 Å². The summed E-state index contributed by atoms with van der Waals surface area (Å²) in [7, 11) is -3.24. The maximum atomic E-state index is 12.2. The lowest BCUT2D eigenvalue weighted by Gasteiger charge is -2.18. The van der Waals surface area contributed by atoms with Gasteiger partial charge in [0.15, 0.2) is 0 Å². The van der Waals surface area contributed by atoms with Gasteiger partial charge in [0.2, 0.25) is 10.0 Å². The van der Waals surface area contributed by atoms with Crippen molar-refractivity contribution < 1.29 is 13.2 Å². The smallest absolute Gasteiger partial charge is 0.212 e. The molecule has 0 aromatic heterocycles. The van der Waals surface area contributed by atoms with Crippen molar-refractivity contribution in [1.82, 2.24) is 4.72 Å². The number of sulfonamides is 1. The predicted molar refractivity (Wildman–Crippen MR) is 77.9 cm³/mol. The van der Waals surface area contributed by atoms with Crippen molar-refractivity contribution in [2.75, 3.05) is 12.4 Å². The Hall–Kier alpha value is -0.910. The lowest BCUT2D eigenvalue weighted by molar-refractivity contribution is 0.108. The molecule has 4 nitrogen and oxygen atoms in total. The third-order valence-corrected chi connectivity index (χ3v) is 5.63. The molecule has 0 radical (unpaired) electrons. The Bertz CT molecular complexity index is 546. The zero-order valence-electron chi connectivity index (χ0n) is 11.5. The van der Waals surface area contributed by atoms with E-state index in [4.69, 9.17) is 4.74 Å². The maximum absolute atomic E-state index is 12.2. The number of hydrogen-bond acceptors (Lipinski definition) is 3. The summed E-state index contributed by atoms with van der Waals surface area (Å²) in [6.45, 7) is 0.770. The van der Waals surface area contributed by atoms with Gasteiger partial charge in [-0.2, -0.15) is 0 Å². The van der Waals surface area contributed by atoms with Crippen LogP contribution in [0.5, 0.6) is 0 Å². The summed E-state index contributed by atoms with van der Waals surface area (Å²) in [4.78, 5) is 0. The average molecular weight is 295 g/mol. The molecule has 2 aliphatic rings. The first-order chi connectivity index (χ1) is 9.60. The minimum absolute atomic E-state index is 0.124. The highest BCUT2D eigenvalue weighted by Gasteiger charge is 2.47. The van der Waals surface area contributed by atoms with Crippen LogP contribution in [0.15, 0.2) is 30.3 Å². The van der Waals surface area contributed by atoms with E-state index in [1.54, 1.807) is 0 Å². The summed E-state index contributed by atoms with van der Waals surface area (Å²) in [6, 6.07) is 9.85. The second kappa shape index (κ2) is 5.47. The number of nitrogens with one attached hydrogen (secondary N) is 1. The lowest BCUT2D eigenvalue weighted by atomic mass is 10.1. The van der Waals surface area contributed by atoms with E-state index in [0.29, 0.717) is 6.42 Å². The van der Waals surface area contributed by atoms with Gasteiger partial charge >= 0.3 is 0 Å². The summed E-state index contributed by atoms with van der Waals surface area (Å²) in [5, 5.41) is 0. The highest BCUT2D eigenvalue weighted by Crippen LogP contribution is 2.46. The molecule has 0 spiro atoms. The quantitative estimate of drug-likeness (QED) is 0.875. The van der Waals surface area contributed by atoms with Crippen molar-refractivity contribution in [3.05, 3.63) is 35.9 Å². The van der Waals surface area contributed by atoms with Gasteiger partial charge in [-0.05, 0) is 37.7 Å². The zero-order valence-corrected chi connectivity index (χ0v) is 12.4. The monoisotopic (exact) mass is 295 g/mol. The molecule has 0 amide bonds. The molecule has 110 valence electrons. The fourth-order valence-corrected chi connectivity index (χ4v) is 4.43. The zero-order chi connectivity index (χ0) is 14.1. The predicted octanol–water partition coefficient (Wildman–Crippen LogP) is 2.16. The summed E-state index contributed by atoms with van der Waals surface area (Å²) in [5.74, 6) is 0.159. The van der Waals surface area contributed by atoms with Crippen LogP contribution in [-0.2, 0) is 20.3 Å². The molecule has 1 unspecified atom stereocenters. The third-order valence-electron chi connectivity index (χ3n) is 4.16. The second-order valence-corrected chi connectivity index (χ2v) is 7.63.